The molecule has 308 valence electrons. The lowest BCUT2D eigenvalue weighted by atomic mass is 9.68. The highest BCUT2D eigenvalue weighted by Crippen LogP contribution is 2.48. The van der Waals surface area contributed by atoms with Gasteiger partial charge in [0.25, 0.3) is 6.47 Å². The van der Waals surface area contributed by atoms with Crippen LogP contribution >= 0.6 is 8.16 Å². The maximum atomic E-state index is 11.6. The number of Topliss-reactive ketones (excluding diaryl/α,β-unsaturated/α-hetero) is 1. The fourth-order valence-electron chi connectivity index (χ4n) is 8.41. The quantitative estimate of drug-likeness (QED) is 0.141. The van der Waals surface area contributed by atoms with E-state index in [1.807, 2.05) is 19.9 Å². The van der Waals surface area contributed by atoms with Gasteiger partial charge in [-0.15, -0.1) is 0 Å². The van der Waals surface area contributed by atoms with E-state index in [0.29, 0.717) is 18.8 Å². The van der Waals surface area contributed by atoms with Gasteiger partial charge < -0.3 is 13.1 Å². The van der Waals surface area contributed by atoms with Crippen LogP contribution in [0.1, 0.15) is 89.4 Å². The third-order valence-electron chi connectivity index (χ3n) is 12.2. The van der Waals surface area contributed by atoms with Crippen LogP contribution in [0.5, 0.6) is 0 Å². The number of nitrogens with zero attached hydrogens (tertiary/aromatic N) is 1. The van der Waals surface area contributed by atoms with Crippen molar-refractivity contribution in [2.24, 2.45) is 11.3 Å². The number of ether oxygens (including phenoxy) is 1. The van der Waals surface area contributed by atoms with Crippen LogP contribution in [0.15, 0.2) is 154 Å². The molecule has 4 atom stereocenters. The molecule has 60 heavy (non-hydrogen) atoms. The Labute approximate surface area is 353 Å². The van der Waals surface area contributed by atoms with E-state index in [1.54, 1.807) is 6.08 Å². The molecule has 0 bridgehead atoms. The summed E-state index contributed by atoms with van der Waals surface area (Å²) >= 11 is 0. The fourth-order valence-corrected chi connectivity index (χ4v) is 10.1. The molecule has 0 radical (unpaired) electrons. The summed E-state index contributed by atoms with van der Waals surface area (Å²) in [6.45, 7) is 9.08. The number of hydrogen-bond donors (Lipinski definition) is 0. The lowest BCUT2D eigenvalue weighted by Gasteiger charge is -2.36. The molecule has 7 aromatic rings. The van der Waals surface area contributed by atoms with Crippen molar-refractivity contribution >= 4 is 69.7 Å². The minimum atomic E-state index is -1.54. The SMILES string of the molecule is C[C@@H](c1ccccc1)N([C@@H](C)c1ccccc1)p1oc2ccc3ccccc3c2c2c(ccc3ccccc32)o1.C[C@@H]1CCCC(=O)[C@]1(C)COC=O.O=C1C=CCCC1. The van der Waals surface area contributed by atoms with Crippen LogP contribution in [-0.4, -0.2) is 24.6 Å². The molecule has 0 N–H and O–H groups in total. The lowest BCUT2D eigenvalue weighted by molar-refractivity contribution is -0.144. The molecular weight excluding hydrogens is 766 g/mol. The monoisotopic (exact) mass is 819 g/mol. The van der Waals surface area contributed by atoms with Crippen molar-refractivity contribution in [1.29, 1.82) is 0 Å². The van der Waals surface area contributed by atoms with Gasteiger partial charge in [0.05, 0.1) is 5.41 Å². The molecule has 1 saturated carbocycles. The van der Waals surface area contributed by atoms with Crippen molar-refractivity contribution in [2.45, 2.75) is 78.3 Å². The van der Waals surface area contributed by atoms with Crippen LogP contribution < -0.4 is 4.67 Å². The molecule has 7 nitrogen and oxygen atoms in total. The molecule has 9 rings (SSSR count). The Balaban J connectivity index is 0.000000223. The summed E-state index contributed by atoms with van der Waals surface area (Å²) in [6, 6.07) is 47.0. The molecule has 0 spiro atoms. The van der Waals surface area contributed by atoms with Gasteiger partial charge in [-0.3, -0.25) is 14.4 Å². The van der Waals surface area contributed by atoms with E-state index in [-0.39, 0.29) is 30.3 Å². The Morgan fingerprint density at radius 1 is 0.717 bits per heavy atom. The summed E-state index contributed by atoms with van der Waals surface area (Å²) in [5.41, 5.74) is 3.71. The zero-order valence-electron chi connectivity index (χ0n) is 35.0. The molecule has 2 aliphatic carbocycles. The Morgan fingerprint density at radius 3 is 1.68 bits per heavy atom. The van der Waals surface area contributed by atoms with Crippen LogP contribution in [0, 0.1) is 11.3 Å². The summed E-state index contributed by atoms with van der Waals surface area (Å²) in [7, 11) is -1.54. The predicted molar refractivity (Wildman–Crippen MR) is 245 cm³/mol. The molecule has 6 aromatic carbocycles. The normalized spacial score (nSPS) is 18.6. The van der Waals surface area contributed by atoms with E-state index in [4.69, 9.17) is 13.1 Å². The molecule has 0 saturated heterocycles. The number of carbonyl (C=O) groups excluding carboxylic acids is 3. The number of benzene rings is 6. The zero-order valence-corrected chi connectivity index (χ0v) is 35.9. The van der Waals surface area contributed by atoms with Crippen molar-refractivity contribution < 1.29 is 27.5 Å². The van der Waals surface area contributed by atoms with E-state index in [1.165, 1.54) is 21.9 Å². The maximum Gasteiger partial charge on any atom is 0.310 e. The van der Waals surface area contributed by atoms with E-state index in [0.717, 1.165) is 64.8 Å². The van der Waals surface area contributed by atoms with E-state index in [9.17, 15) is 14.4 Å². The summed E-state index contributed by atoms with van der Waals surface area (Å²) in [5, 5.41) is 6.88. The van der Waals surface area contributed by atoms with Gasteiger partial charge in [0.2, 0.25) is 0 Å². The first-order valence-electron chi connectivity index (χ1n) is 21.1. The second-order valence-corrected chi connectivity index (χ2v) is 17.4. The Bertz CT molecular complexity index is 2510. The molecule has 8 heteroatoms. The molecule has 0 amide bonds. The first-order chi connectivity index (χ1) is 29.2. The number of carbonyl (C=O) groups is 3. The Kier molecular flexibility index (Phi) is 13.8. The number of allylic oxidation sites excluding steroid dienone is 2. The largest absolute Gasteiger partial charge is 0.467 e. The van der Waals surface area contributed by atoms with Gasteiger partial charge in [-0.1, -0.05) is 134 Å². The van der Waals surface area contributed by atoms with Gasteiger partial charge in [-0.05, 0) is 103 Å². The van der Waals surface area contributed by atoms with Gasteiger partial charge >= 0.3 is 8.16 Å². The summed E-state index contributed by atoms with van der Waals surface area (Å²) in [5.74, 6) is 0.827. The highest BCUT2D eigenvalue weighted by atomic mass is 31.1. The molecule has 1 fully saturated rings. The van der Waals surface area contributed by atoms with Gasteiger partial charge in [0, 0.05) is 35.7 Å². The number of rotatable bonds is 8. The number of ketones is 2. The molecule has 1 aromatic heterocycles. The third-order valence-corrected chi connectivity index (χ3v) is 14.0. The standard InChI is InChI=1S/C36H30NO2P.C10H16O3.C6H8O/c1-25(27-13-5-3-6-14-27)37(26(2)28-15-7-4-8-16-28)40-38-33-23-21-29-17-9-11-19-31(29)35(33)36-32-20-12-10-18-30(32)22-24-34(36)39-40;1-8-4-3-5-9(12)10(8,2)6-13-7-11;7-6-4-2-1-3-5-6/h3-26H,1-2H3;7-8H,3-6H2,1-2H3;2,4H,1,3,5H2/t25-,26-;8-,10-;/m01./s1. The topological polar surface area (TPSA) is 90.0 Å². The molecule has 2 aliphatic rings. The van der Waals surface area contributed by atoms with Crippen LogP contribution in [0.2, 0.25) is 0 Å². The van der Waals surface area contributed by atoms with Gasteiger partial charge in [0.1, 0.15) is 23.6 Å². The Morgan fingerprint density at radius 2 is 1.23 bits per heavy atom. The average molecular weight is 820 g/mol. The maximum absolute atomic E-state index is 11.6. The summed E-state index contributed by atoms with van der Waals surface area (Å²) < 4.78 is 21.1. The van der Waals surface area contributed by atoms with Crippen LogP contribution in [0.25, 0.3) is 43.5 Å². The minimum Gasteiger partial charge on any atom is -0.467 e. The van der Waals surface area contributed by atoms with Crippen molar-refractivity contribution in [1.82, 2.24) is 0 Å². The first kappa shape index (κ1) is 42.4. The highest BCUT2D eigenvalue weighted by Gasteiger charge is 2.41. The average Bonchev–Trinajstić information content (AvgIpc) is 3.46. The fraction of sp³-hybridized carbons (Fsp3) is 0.288. The second-order valence-electron chi connectivity index (χ2n) is 16.1. The van der Waals surface area contributed by atoms with Gasteiger partial charge in [-0.2, -0.15) is 4.67 Å². The van der Waals surface area contributed by atoms with Crippen molar-refractivity contribution in [3.05, 3.63) is 157 Å². The third kappa shape index (κ3) is 9.33. The smallest absolute Gasteiger partial charge is 0.310 e. The van der Waals surface area contributed by atoms with E-state index >= 15 is 0 Å². The molecule has 0 unspecified atom stereocenters. The second kappa shape index (κ2) is 19.5. The van der Waals surface area contributed by atoms with Crippen LogP contribution in [-0.2, 0) is 19.1 Å². The Hall–Kier alpha value is -5.75. The van der Waals surface area contributed by atoms with Crippen molar-refractivity contribution in [2.75, 3.05) is 11.3 Å². The van der Waals surface area contributed by atoms with Crippen LogP contribution in [0.3, 0.4) is 0 Å². The highest BCUT2D eigenvalue weighted by molar-refractivity contribution is 7.39. The lowest BCUT2D eigenvalue weighted by Crippen LogP contribution is -2.41. The summed E-state index contributed by atoms with van der Waals surface area (Å²) in [4.78, 5) is 32.1. The molecule has 0 aliphatic heterocycles. The van der Waals surface area contributed by atoms with Crippen molar-refractivity contribution in [3.8, 4) is 0 Å². The minimum absolute atomic E-state index is 0.0495. The first-order valence-corrected chi connectivity index (χ1v) is 22.2. The number of fused-ring (bicyclic) bond motifs is 7. The molecule has 1 heterocycles. The van der Waals surface area contributed by atoms with Crippen molar-refractivity contribution in [3.63, 3.8) is 0 Å². The van der Waals surface area contributed by atoms with E-state index < -0.39 is 13.6 Å². The molecular formula is C52H54NO6P. The van der Waals surface area contributed by atoms with E-state index in [2.05, 4.69) is 152 Å². The number of hydrogen-bond acceptors (Lipinski definition) is 7. The van der Waals surface area contributed by atoms with Gasteiger partial charge in [0.15, 0.2) is 5.78 Å². The van der Waals surface area contributed by atoms with Gasteiger partial charge in [-0.25, -0.2) is 0 Å². The predicted octanol–water partition coefficient (Wildman–Crippen LogP) is 13.9. The van der Waals surface area contributed by atoms with Crippen LogP contribution in [0.4, 0.5) is 0 Å². The zero-order chi connectivity index (χ0) is 42.1. The summed E-state index contributed by atoms with van der Waals surface area (Å²) in [6.07, 6.45) is 9.15.